The molecule has 0 fully saturated rings. The second-order valence-electron chi connectivity index (χ2n) is 4.09. The van der Waals surface area contributed by atoms with Gasteiger partial charge in [-0.3, -0.25) is 0 Å². The van der Waals surface area contributed by atoms with Crippen LogP contribution in [0, 0.1) is 11.8 Å². The van der Waals surface area contributed by atoms with Gasteiger partial charge in [0.2, 0.25) is 9.05 Å². The van der Waals surface area contributed by atoms with E-state index in [2.05, 4.69) is 0 Å². The molecular weight excluding hydrogens is 224 g/mol. The van der Waals surface area contributed by atoms with Crippen LogP contribution in [0.2, 0.25) is 0 Å². The van der Waals surface area contributed by atoms with Gasteiger partial charge in [-0.2, -0.15) is 0 Å². The van der Waals surface area contributed by atoms with Crippen molar-refractivity contribution in [2.45, 2.75) is 33.8 Å². The molecule has 0 saturated carbocycles. The smallest absolute Gasteiger partial charge is 0.232 e. The number of hydrogen-bond donors (Lipinski definition) is 0. The van der Waals surface area contributed by atoms with E-state index >= 15 is 0 Å². The zero-order chi connectivity index (χ0) is 11.4. The lowest BCUT2D eigenvalue weighted by atomic mass is 9.99. The quantitative estimate of drug-likeness (QED) is 0.671. The van der Waals surface area contributed by atoms with Gasteiger partial charge in [0.1, 0.15) is 0 Å². The lowest BCUT2D eigenvalue weighted by Crippen LogP contribution is -2.24. The molecule has 0 radical (unpaired) electrons. The summed E-state index contributed by atoms with van der Waals surface area (Å²) in [6.45, 7) is 8.23. The van der Waals surface area contributed by atoms with Gasteiger partial charge in [-0.25, -0.2) is 8.42 Å². The molecule has 3 nitrogen and oxygen atoms in total. The van der Waals surface area contributed by atoms with E-state index in [1.165, 1.54) is 0 Å². The highest BCUT2D eigenvalue weighted by Gasteiger charge is 2.20. The Bertz CT molecular complexity index is 247. The molecule has 0 heterocycles. The van der Waals surface area contributed by atoms with E-state index in [4.69, 9.17) is 15.4 Å². The Morgan fingerprint density at radius 2 is 1.71 bits per heavy atom. The summed E-state index contributed by atoms with van der Waals surface area (Å²) in [7, 11) is 1.78. The number of rotatable bonds is 6. The summed E-state index contributed by atoms with van der Waals surface area (Å²) < 4.78 is 27.2. The Hall–Kier alpha value is 0.200. The van der Waals surface area contributed by atoms with Crippen molar-refractivity contribution < 1.29 is 13.2 Å². The van der Waals surface area contributed by atoms with Gasteiger partial charge in [0, 0.05) is 10.7 Å². The van der Waals surface area contributed by atoms with Crippen LogP contribution in [0.25, 0.3) is 0 Å². The van der Waals surface area contributed by atoms with Crippen molar-refractivity contribution in [1.29, 1.82) is 0 Å². The number of hydrogen-bond acceptors (Lipinski definition) is 3. The van der Waals surface area contributed by atoms with Gasteiger partial charge >= 0.3 is 0 Å². The monoisotopic (exact) mass is 242 g/mol. The minimum atomic E-state index is -3.42. The van der Waals surface area contributed by atoms with E-state index in [1.807, 2.05) is 27.7 Å². The molecule has 0 aliphatic rings. The van der Waals surface area contributed by atoms with E-state index in [-0.39, 0.29) is 23.7 Å². The Kier molecular flexibility index (Phi) is 6.02. The third-order valence-electron chi connectivity index (χ3n) is 2.00. The molecule has 5 heteroatoms. The van der Waals surface area contributed by atoms with Crippen molar-refractivity contribution in [3.05, 3.63) is 0 Å². The molecule has 0 rings (SSSR count). The number of halogens is 1. The van der Waals surface area contributed by atoms with Gasteiger partial charge in [0.15, 0.2) is 0 Å². The van der Waals surface area contributed by atoms with Crippen molar-refractivity contribution in [3.8, 4) is 0 Å². The van der Waals surface area contributed by atoms with Gasteiger partial charge in [0.05, 0.1) is 18.5 Å². The van der Waals surface area contributed by atoms with Crippen LogP contribution in [0.1, 0.15) is 27.7 Å². The third-order valence-corrected chi connectivity index (χ3v) is 3.20. The van der Waals surface area contributed by atoms with E-state index in [9.17, 15) is 8.42 Å². The van der Waals surface area contributed by atoms with Crippen LogP contribution in [0.4, 0.5) is 0 Å². The second kappa shape index (κ2) is 5.93. The van der Waals surface area contributed by atoms with Crippen LogP contribution in [-0.2, 0) is 13.8 Å². The van der Waals surface area contributed by atoms with E-state index in [0.29, 0.717) is 6.61 Å². The molecule has 1 atom stereocenters. The fourth-order valence-electron chi connectivity index (χ4n) is 1.00. The summed E-state index contributed by atoms with van der Waals surface area (Å²) in [6.07, 6.45) is 0.120. The number of ether oxygens (including phenoxy) is 1. The van der Waals surface area contributed by atoms with Crippen molar-refractivity contribution in [2.75, 3.05) is 12.4 Å². The summed E-state index contributed by atoms with van der Waals surface area (Å²) in [4.78, 5) is 0. The van der Waals surface area contributed by atoms with Crippen molar-refractivity contribution in [3.63, 3.8) is 0 Å². The first kappa shape index (κ1) is 14.2. The fraction of sp³-hybridized carbons (Fsp3) is 1.00. The third kappa shape index (κ3) is 7.59. The highest BCUT2D eigenvalue weighted by molar-refractivity contribution is 8.13. The van der Waals surface area contributed by atoms with Crippen LogP contribution in [0.3, 0.4) is 0 Å². The summed E-state index contributed by atoms with van der Waals surface area (Å²) in [5, 5.41) is 0. The van der Waals surface area contributed by atoms with Gasteiger partial charge in [-0.15, -0.1) is 0 Å². The molecule has 0 N–H and O–H groups in total. The largest absolute Gasteiger partial charge is 0.378 e. The molecule has 14 heavy (non-hydrogen) atoms. The summed E-state index contributed by atoms with van der Waals surface area (Å²) in [5.41, 5.74) is 0. The Morgan fingerprint density at radius 3 is 2.00 bits per heavy atom. The van der Waals surface area contributed by atoms with E-state index in [1.54, 1.807) is 0 Å². The molecule has 0 aliphatic carbocycles. The van der Waals surface area contributed by atoms with E-state index < -0.39 is 9.05 Å². The van der Waals surface area contributed by atoms with Gasteiger partial charge in [-0.05, 0) is 25.7 Å². The molecular formula is C9H19ClO3S. The van der Waals surface area contributed by atoms with Gasteiger partial charge in [0.25, 0.3) is 0 Å². The van der Waals surface area contributed by atoms with Crippen LogP contribution in [0.15, 0.2) is 0 Å². The Balaban J connectivity index is 4.17. The standard InChI is InChI=1S/C9H19ClO3S/c1-7(2)9(5-13-8(3)4)6-14(10,11)12/h7-9H,5-6H2,1-4H3. The summed E-state index contributed by atoms with van der Waals surface area (Å²) in [5.74, 6) is 0.209. The first-order valence-corrected chi connectivity index (χ1v) is 7.24. The zero-order valence-electron chi connectivity index (χ0n) is 9.16. The maximum atomic E-state index is 10.9. The average Bonchev–Trinajstić information content (AvgIpc) is 1.94. The minimum absolute atomic E-state index is 0.0149. The molecule has 0 bridgehead atoms. The van der Waals surface area contributed by atoms with Crippen molar-refractivity contribution in [2.24, 2.45) is 11.8 Å². The predicted molar refractivity (Wildman–Crippen MR) is 59.1 cm³/mol. The highest BCUT2D eigenvalue weighted by Crippen LogP contribution is 2.16. The lowest BCUT2D eigenvalue weighted by molar-refractivity contribution is 0.0453. The topological polar surface area (TPSA) is 43.4 Å². The molecule has 0 amide bonds. The van der Waals surface area contributed by atoms with Crippen LogP contribution in [-0.4, -0.2) is 26.9 Å². The zero-order valence-corrected chi connectivity index (χ0v) is 10.7. The molecule has 0 aromatic carbocycles. The van der Waals surface area contributed by atoms with E-state index in [0.717, 1.165) is 0 Å². The van der Waals surface area contributed by atoms with Crippen LogP contribution >= 0.6 is 10.7 Å². The summed E-state index contributed by atoms with van der Waals surface area (Å²) in [6, 6.07) is 0. The molecule has 0 aromatic rings. The summed E-state index contributed by atoms with van der Waals surface area (Å²) >= 11 is 0. The maximum absolute atomic E-state index is 10.9. The van der Waals surface area contributed by atoms with Crippen LogP contribution < -0.4 is 0 Å². The van der Waals surface area contributed by atoms with Gasteiger partial charge < -0.3 is 4.74 Å². The normalized spacial score (nSPS) is 15.1. The predicted octanol–water partition coefficient (Wildman–Crippen LogP) is 2.25. The van der Waals surface area contributed by atoms with Crippen molar-refractivity contribution in [1.82, 2.24) is 0 Å². The minimum Gasteiger partial charge on any atom is -0.378 e. The van der Waals surface area contributed by atoms with Gasteiger partial charge in [-0.1, -0.05) is 13.8 Å². The first-order valence-electron chi connectivity index (χ1n) is 4.76. The van der Waals surface area contributed by atoms with Crippen molar-refractivity contribution >= 4 is 19.7 Å². The maximum Gasteiger partial charge on any atom is 0.232 e. The molecule has 0 aromatic heterocycles. The fourth-order valence-corrected chi connectivity index (χ4v) is 2.48. The Morgan fingerprint density at radius 1 is 1.21 bits per heavy atom. The highest BCUT2D eigenvalue weighted by atomic mass is 35.7. The average molecular weight is 243 g/mol. The molecule has 0 aliphatic heterocycles. The molecule has 86 valence electrons. The van der Waals surface area contributed by atoms with Crippen LogP contribution in [0.5, 0.6) is 0 Å². The SMILES string of the molecule is CC(C)OCC(CS(=O)(=O)Cl)C(C)C. The lowest BCUT2D eigenvalue weighted by Gasteiger charge is -2.20. The molecule has 1 unspecified atom stereocenters. The molecule has 0 spiro atoms. The second-order valence-corrected chi connectivity index (χ2v) is 6.91. The molecule has 0 saturated heterocycles. The Labute approximate surface area is 91.2 Å². The first-order chi connectivity index (χ1) is 6.22.